The summed E-state index contributed by atoms with van der Waals surface area (Å²) in [5.74, 6) is -0.943. The van der Waals surface area contributed by atoms with Gasteiger partial charge in [-0.25, -0.2) is 0 Å². The number of anilines is 1. The van der Waals surface area contributed by atoms with E-state index in [1.165, 1.54) is 30.6 Å². The van der Waals surface area contributed by atoms with E-state index in [1.54, 1.807) is 48.3 Å². The van der Waals surface area contributed by atoms with E-state index in [9.17, 15) is 22.8 Å². The Morgan fingerprint density at radius 1 is 1.00 bits per heavy atom. The summed E-state index contributed by atoms with van der Waals surface area (Å²) in [6.07, 6.45) is -2.97. The average Bonchev–Trinajstić information content (AvgIpc) is 3.56. The molecular formula is C27H23F3N4O3S. The van der Waals surface area contributed by atoms with Gasteiger partial charge in [-0.3, -0.25) is 19.2 Å². The Morgan fingerprint density at radius 3 is 2.26 bits per heavy atom. The lowest BCUT2D eigenvalue weighted by molar-refractivity contribution is -0.138. The number of rotatable bonds is 8. The van der Waals surface area contributed by atoms with E-state index in [1.807, 2.05) is 12.1 Å². The number of fused-ring (bicyclic) bond motifs is 1. The fourth-order valence-corrected chi connectivity index (χ4v) is 5.60. The van der Waals surface area contributed by atoms with Crippen LogP contribution in [-0.4, -0.2) is 46.2 Å². The van der Waals surface area contributed by atoms with Gasteiger partial charge in [-0.1, -0.05) is 41.7 Å². The van der Waals surface area contributed by atoms with Crippen LogP contribution in [0.3, 0.4) is 0 Å². The number of alkyl halides is 3. The molecule has 1 aliphatic heterocycles. The lowest BCUT2D eigenvalue weighted by atomic mass is 9.99. The summed E-state index contributed by atoms with van der Waals surface area (Å²) < 4.78 is 48.5. The van der Waals surface area contributed by atoms with Crippen molar-refractivity contribution in [3.8, 4) is 16.3 Å². The number of carbonyl (C=O) groups is 2. The van der Waals surface area contributed by atoms with Crippen LogP contribution in [0.25, 0.3) is 11.3 Å². The third kappa shape index (κ3) is 4.76. The third-order valence-electron chi connectivity index (χ3n) is 6.40. The van der Waals surface area contributed by atoms with Gasteiger partial charge in [0.1, 0.15) is 0 Å². The molecule has 4 aromatic rings. The lowest BCUT2D eigenvalue weighted by Gasteiger charge is -2.25. The van der Waals surface area contributed by atoms with Crippen LogP contribution in [0.5, 0.6) is 5.06 Å². The molecule has 1 N–H and O–H groups in total. The number of halogens is 3. The molecule has 196 valence electrons. The zero-order chi connectivity index (χ0) is 27.0. The smallest absolute Gasteiger partial charge is 0.416 e. The molecule has 1 atom stereocenters. The number of nitrogens with one attached hydrogen (secondary N) is 1. The van der Waals surface area contributed by atoms with Crippen molar-refractivity contribution >= 4 is 28.2 Å². The Labute approximate surface area is 220 Å². The lowest BCUT2D eigenvalue weighted by Crippen LogP contribution is -2.41. The van der Waals surface area contributed by atoms with Gasteiger partial charge in [-0.15, -0.1) is 0 Å². The van der Waals surface area contributed by atoms with Gasteiger partial charge in [0.15, 0.2) is 5.06 Å². The fourth-order valence-electron chi connectivity index (χ4n) is 4.64. The van der Waals surface area contributed by atoms with Crippen molar-refractivity contribution in [3.05, 3.63) is 89.1 Å². The first-order valence-corrected chi connectivity index (χ1v) is 12.5. The third-order valence-corrected chi connectivity index (χ3v) is 7.42. The van der Waals surface area contributed by atoms with Crippen LogP contribution in [0.1, 0.15) is 31.8 Å². The first kappa shape index (κ1) is 25.5. The molecule has 3 heterocycles. The number of amides is 2. The van der Waals surface area contributed by atoms with Crippen LogP contribution in [-0.2, 0) is 19.6 Å². The van der Waals surface area contributed by atoms with Crippen LogP contribution in [0.2, 0.25) is 0 Å². The normalized spacial score (nSPS) is 14.1. The Bertz CT molecular complexity index is 1480. The first-order valence-electron chi connectivity index (χ1n) is 11.7. The summed E-state index contributed by atoms with van der Waals surface area (Å²) in [5, 5.41) is 8.67. The zero-order valence-corrected chi connectivity index (χ0v) is 21.3. The molecule has 11 heteroatoms. The Kier molecular flexibility index (Phi) is 6.70. The highest BCUT2D eigenvalue weighted by Gasteiger charge is 2.38. The van der Waals surface area contributed by atoms with Gasteiger partial charge in [0, 0.05) is 25.8 Å². The second-order valence-electron chi connectivity index (χ2n) is 8.82. The van der Waals surface area contributed by atoms with E-state index in [4.69, 9.17) is 4.74 Å². The molecule has 0 saturated carbocycles. The number of benzene rings is 2. The van der Waals surface area contributed by atoms with Crippen molar-refractivity contribution in [3.63, 3.8) is 0 Å². The van der Waals surface area contributed by atoms with Gasteiger partial charge in [-0.2, -0.15) is 18.3 Å². The molecule has 2 amide bonds. The number of hydrogen-bond donors (Lipinski definition) is 1. The minimum Gasteiger partial charge on any atom is -0.487 e. The highest BCUT2D eigenvalue weighted by molar-refractivity contribution is 7.18. The molecular weight excluding hydrogens is 517 g/mol. The largest absolute Gasteiger partial charge is 0.487 e. The molecule has 0 unspecified atom stereocenters. The van der Waals surface area contributed by atoms with Gasteiger partial charge in [0.2, 0.25) is 0 Å². The maximum atomic E-state index is 13.8. The number of aryl methyl sites for hydroxylation is 1. The van der Waals surface area contributed by atoms with Gasteiger partial charge in [0.25, 0.3) is 11.8 Å². The fraction of sp³-hybridized carbons (Fsp3) is 0.222. The van der Waals surface area contributed by atoms with E-state index < -0.39 is 29.6 Å². The van der Waals surface area contributed by atoms with E-state index in [0.717, 1.165) is 22.2 Å². The second-order valence-corrected chi connectivity index (χ2v) is 9.84. The Morgan fingerprint density at radius 2 is 1.66 bits per heavy atom. The second kappa shape index (κ2) is 9.97. The summed E-state index contributed by atoms with van der Waals surface area (Å²) >= 11 is 1.28. The average molecular weight is 541 g/mol. The van der Waals surface area contributed by atoms with Crippen LogP contribution < -0.4 is 10.1 Å². The first-order chi connectivity index (χ1) is 18.2. The van der Waals surface area contributed by atoms with Crippen molar-refractivity contribution in [2.45, 2.75) is 18.6 Å². The van der Waals surface area contributed by atoms with Crippen LogP contribution >= 0.6 is 11.3 Å². The summed E-state index contributed by atoms with van der Waals surface area (Å²) in [4.78, 5) is 27.2. The molecule has 0 bridgehead atoms. The monoisotopic (exact) mass is 540 g/mol. The zero-order valence-electron chi connectivity index (χ0n) is 20.5. The molecule has 0 saturated heterocycles. The quantitative estimate of drug-likeness (QED) is 0.299. The number of carbonyl (C=O) groups excluding carboxylic acids is 2. The Balaban J connectivity index is 1.49. The molecule has 1 aliphatic rings. The maximum absolute atomic E-state index is 13.8. The minimum absolute atomic E-state index is 0.0597. The highest BCUT2D eigenvalue weighted by Crippen LogP contribution is 2.41. The summed E-state index contributed by atoms with van der Waals surface area (Å²) in [7, 11) is 3.32. The number of nitrogens with zero attached hydrogens (tertiary/aromatic N) is 3. The maximum Gasteiger partial charge on any atom is 0.416 e. The molecule has 7 nitrogen and oxygen atoms in total. The van der Waals surface area contributed by atoms with E-state index in [-0.39, 0.29) is 29.7 Å². The van der Waals surface area contributed by atoms with Crippen LogP contribution in [0.4, 0.5) is 18.2 Å². The molecule has 38 heavy (non-hydrogen) atoms. The number of methoxy groups -OCH3 is 1. The molecule has 0 aliphatic carbocycles. The van der Waals surface area contributed by atoms with Crippen molar-refractivity contribution in [1.29, 1.82) is 0 Å². The topological polar surface area (TPSA) is 76.5 Å². The van der Waals surface area contributed by atoms with Gasteiger partial charge >= 0.3 is 6.18 Å². The Hall–Kier alpha value is -4.12. The number of aromatic nitrogens is 2. The highest BCUT2D eigenvalue weighted by atomic mass is 32.1. The minimum atomic E-state index is -4.55. The van der Waals surface area contributed by atoms with E-state index in [2.05, 4.69) is 10.4 Å². The van der Waals surface area contributed by atoms with Crippen molar-refractivity contribution in [2.24, 2.45) is 7.05 Å². The predicted octanol–water partition coefficient (Wildman–Crippen LogP) is 5.50. The van der Waals surface area contributed by atoms with Crippen LogP contribution in [0, 0.1) is 0 Å². The predicted molar refractivity (Wildman–Crippen MR) is 137 cm³/mol. The SMILES string of the molecule is COc1sc(N[C@@H](Cc2ccccc2C(F)(F)F)CN2C(=O)c3ccccc3C2=O)cc1-c1ccnn1C. The number of thiophene rings is 1. The number of ether oxygens (including phenoxy) is 1. The van der Waals surface area contributed by atoms with Crippen molar-refractivity contribution in [1.82, 2.24) is 14.7 Å². The van der Waals surface area contributed by atoms with Gasteiger partial charge in [-0.05, 0) is 42.3 Å². The standard InChI is InChI=1S/C27H23F3N4O3S/c1-33-22(11-12-31-33)20-14-23(38-26(20)37-2)32-17(13-16-7-3-6-10-21(16)27(28,29)30)15-34-24(35)18-8-4-5-9-19(18)25(34)36/h3-12,14,17,32H,13,15H2,1-2H3/t17-/m0/s1. The molecule has 2 aromatic carbocycles. The van der Waals surface area contributed by atoms with Crippen molar-refractivity contribution in [2.75, 3.05) is 19.0 Å². The summed E-state index contributed by atoms with van der Waals surface area (Å²) in [5.41, 5.74) is 1.42. The van der Waals surface area contributed by atoms with Crippen molar-refractivity contribution < 1.29 is 27.5 Å². The molecule has 0 radical (unpaired) electrons. The molecule has 2 aromatic heterocycles. The molecule has 0 fully saturated rings. The number of imide groups is 1. The summed E-state index contributed by atoms with van der Waals surface area (Å²) in [6, 6.07) is 14.7. The summed E-state index contributed by atoms with van der Waals surface area (Å²) in [6.45, 7) is -0.125. The van der Waals surface area contributed by atoms with Gasteiger partial charge in [0.05, 0.1) is 40.1 Å². The number of hydrogen-bond acceptors (Lipinski definition) is 6. The van der Waals surface area contributed by atoms with E-state index in [0.29, 0.717) is 10.1 Å². The van der Waals surface area contributed by atoms with Crippen LogP contribution in [0.15, 0.2) is 66.9 Å². The van der Waals surface area contributed by atoms with E-state index >= 15 is 0 Å². The molecule has 5 rings (SSSR count). The van der Waals surface area contributed by atoms with Gasteiger partial charge < -0.3 is 10.1 Å². The molecule has 0 spiro atoms.